The molecule has 0 bridgehead atoms. The highest BCUT2D eigenvalue weighted by atomic mass is 35.5. The number of nitrogens with two attached hydrogens (primary N) is 2. The van der Waals surface area contributed by atoms with E-state index in [0.29, 0.717) is 5.17 Å². The minimum Gasteiger partial charge on any atom is -0.379 e. The van der Waals surface area contributed by atoms with Crippen LogP contribution >= 0.6 is 36.6 Å². The van der Waals surface area contributed by atoms with Gasteiger partial charge in [-0.1, -0.05) is 11.8 Å². The van der Waals surface area contributed by atoms with Crippen LogP contribution in [0.25, 0.3) is 0 Å². The number of nitrogens with zero attached hydrogens (tertiary/aromatic N) is 1. The van der Waals surface area contributed by atoms with Gasteiger partial charge in [0, 0.05) is 12.8 Å². The fraction of sp³-hybridized carbons (Fsp3) is 0.800. The quantitative estimate of drug-likeness (QED) is 0.421. The van der Waals surface area contributed by atoms with Crippen LogP contribution in [0.3, 0.4) is 0 Å². The van der Waals surface area contributed by atoms with Crippen LogP contribution in [0.15, 0.2) is 4.99 Å². The third-order valence-corrected chi connectivity index (χ3v) is 1.79. The van der Waals surface area contributed by atoms with Crippen LogP contribution in [-0.2, 0) is 0 Å². The maximum Gasteiger partial charge on any atom is 0.153 e. The Kier molecular flexibility index (Phi) is 20.6. The van der Waals surface area contributed by atoms with Gasteiger partial charge in [0.05, 0.1) is 0 Å². The maximum absolute atomic E-state index is 5.39. The van der Waals surface area contributed by atoms with E-state index < -0.39 is 0 Å². The number of halogens is 2. The van der Waals surface area contributed by atoms with Gasteiger partial charge in [-0.3, -0.25) is 4.99 Å². The summed E-state index contributed by atoms with van der Waals surface area (Å²) in [4.78, 5) is 3.78. The molecule has 0 atom stereocenters. The van der Waals surface area contributed by atoms with E-state index >= 15 is 0 Å². The molecular formula is C5H15Cl2N3S. The zero-order valence-corrected chi connectivity index (χ0v) is 8.90. The maximum atomic E-state index is 5.39. The molecule has 0 fully saturated rings. The minimum absolute atomic E-state index is 0. The van der Waals surface area contributed by atoms with E-state index in [4.69, 9.17) is 11.5 Å². The summed E-state index contributed by atoms with van der Waals surface area (Å²) < 4.78 is 0. The predicted octanol–water partition coefficient (Wildman–Crippen LogP) is 0.857. The summed E-state index contributed by atoms with van der Waals surface area (Å²) in [7, 11) is 1.69. The van der Waals surface area contributed by atoms with Crippen LogP contribution in [0.4, 0.5) is 0 Å². The zero-order valence-electron chi connectivity index (χ0n) is 6.45. The van der Waals surface area contributed by atoms with E-state index in [9.17, 15) is 0 Å². The van der Waals surface area contributed by atoms with Crippen molar-refractivity contribution in [2.45, 2.75) is 6.42 Å². The van der Waals surface area contributed by atoms with Crippen LogP contribution in [0.5, 0.6) is 0 Å². The molecule has 0 heterocycles. The van der Waals surface area contributed by atoms with Crippen molar-refractivity contribution in [1.29, 1.82) is 0 Å². The Morgan fingerprint density at radius 3 is 2.36 bits per heavy atom. The average Bonchev–Trinajstić information content (AvgIpc) is 1.89. The van der Waals surface area contributed by atoms with Crippen molar-refractivity contribution in [3.05, 3.63) is 0 Å². The monoisotopic (exact) mass is 219 g/mol. The highest BCUT2D eigenvalue weighted by Gasteiger charge is 1.89. The number of rotatable bonds is 3. The third kappa shape index (κ3) is 13.4. The fourth-order valence-electron chi connectivity index (χ4n) is 0.325. The van der Waals surface area contributed by atoms with E-state index in [1.165, 1.54) is 0 Å². The molecule has 0 aromatic carbocycles. The van der Waals surface area contributed by atoms with Gasteiger partial charge in [-0.05, 0) is 13.0 Å². The Morgan fingerprint density at radius 1 is 1.45 bits per heavy atom. The molecule has 6 heteroatoms. The molecule has 0 saturated carbocycles. The Balaban J connectivity index is -0.000000320. The smallest absolute Gasteiger partial charge is 0.153 e. The highest BCUT2D eigenvalue weighted by molar-refractivity contribution is 8.13. The van der Waals surface area contributed by atoms with Gasteiger partial charge in [0.1, 0.15) is 0 Å². The Bertz CT molecular complexity index is 99.7. The summed E-state index contributed by atoms with van der Waals surface area (Å²) in [5.41, 5.74) is 10.6. The molecule has 11 heavy (non-hydrogen) atoms. The normalized spacial score (nSPS) is 9.82. The van der Waals surface area contributed by atoms with Crippen LogP contribution in [0.1, 0.15) is 6.42 Å². The van der Waals surface area contributed by atoms with Crippen LogP contribution in [0.2, 0.25) is 0 Å². The van der Waals surface area contributed by atoms with Crippen molar-refractivity contribution in [3.8, 4) is 0 Å². The lowest BCUT2D eigenvalue weighted by Crippen LogP contribution is -2.08. The molecule has 0 spiro atoms. The molecule has 0 aliphatic heterocycles. The molecule has 0 aromatic heterocycles. The van der Waals surface area contributed by atoms with E-state index in [0.717, 1.165) is 18.7 Å². The third-order valence-electron chi connectivity index (χ3n) is 0.819. The number of thioether (sulfide) groups is 1. The first-order valence-corrected chi connectivity index (χ1v) is 3.85. The standard InChI is InChI=1S/C5H13N3S.2ClH/c1-8-5(7)9-4-2-3-6;;/h2-4,6H2,1H3,(H2,7,8);2*1H. The summed E-state index contributed by atoms with van der Waals surface area (Å²) in [5.74, 6) is 0.972. The molecule has 70 valence electrons. The van der Waals surface area contributed by atoms with Gasteiger partial charge < -0.3 is 11.5 Å². The summed E-state index contributed by atoms with van der Waals surface area (Å²) in [5, 5.41) is 0.642. The average molecular weight is 220 g/mol. The molecule has 0 aromatic rings. The van der Waals surface area contributed by atoms with Gasteiger partial charge in [0.2, 0.25) is 0 Å². The second kappa shape index (κ2) is 13.0. The molecule has 0 amide bonds. The Labute approximate surface area is 84.2 Å². The largest absolute Gasteiger partial charge is 0.379 e. The van der Waals surface area contributed by atoms with Crippen molar-refractivity contribution in [2.24, 2.45) is 16.5 Å². The van der Waals surface area contributed by atoms with Crippen molar-refractivity contribution < 1.29 is 0 Å². The van der Waals surface area contributed by atoms with Gasteiger partial charge in [0.15, 0.2) is 5.17 Å². The molecule has 0 radical (unpaired) electrons. The second-order valence-electron chi connectivity index (χ2n) is 1.55. The van der Waals surface area contributed by atoms with Crippen LogP contribution in [-0.4, -0.2) is 24.5 Å². The first kappa shape index (κ1) is 17.4. The topological polar surface area (TPSA) is 64.4 Å². The number of amidine groups is 1. The first-order valence-electron chi connectivity index (χ1n) is 2.86. The number of hydrogen-bond donors (Lipinski definition) is 2. The second-order valence-corrected chi connectivity index (χ2v) is 2.67. The van der Waals surface area contributed by atoms with Crippen molar-refractivity contribution in [3.63, 3.8) is 0 Å². The molecule has 4 N–H and O–H groups in total. The van der Waals surface area contributed by atoms with Crippen molar-refractivity contribution in [2.75, 3.05) is 19.3 Å². The molecule has 0 unspecified atom stereocenters. The summed E-state index contributed by atoms with van der Waals surface area (Å²) in [6, 6.07) is 0. The Morgan fingerprint density at radius 2 is 2.00 bits per heavy atom. The summed E-state index contributed by atoms with van der Waals surface area (Å²) in [6.45, 7) is 0.726. The first-order chi connectivity index (χ1) is 4.31. The van der Waals surface area contributed by atoms with Gasteiger partial charge in [-0.15, -0.1) is 24.8 Å². The van der Waals surface area contributed by atoms with Gasteiger partial charge >= 0.3 is 0 Å². The minimum atomic E-state index is 0. The van der Waals surface area contributed by atoms with E-state index in [-0.39, 0.29) is 24.8 Å². The van der Waals surface area contributed by atoms with Crippen molar-refractivity contribution in [1.82, 2.24) is 0 Å². The fourth-order valence-corrected chi connectivity index (χ4v) is 0.974. The lowest BCUT2D eigenvalue weighted by molar-refractivity contribution is 0.945. The molecular weight excluding hydrogens is 205 g/mol. The lowest BCUT2D eigenvalue weighted by atomic mass is 10.5. The molecule has 0 aliphatic carbocycles. The molecule has 0 aliphatic rings. The SMILES string of the molecule is CN=C(N)SCCCN.Cl.Cl. The highest BCUT2D eigenvalue weighted by Crippen LogP contribution is 1.99. The summed E-state index contributed by atoms with van der Waals surface area (Å²) in [6.07, 6.45) is 1.00. The van der Waals surface area contributed by atoms with Crippen molar-refractivity contribution >= 4 is 41.7 Å². The van der Waals surface area contributed by atoms with Gasteiger partial charge in [0.25, 0.3) is 0 Å². The van der Waals surface area contributed by atoms with E-state index in [1.807, 2.05) is 0 Å². The lowest BCUT2D eigenvalue weighted by Gasteiger charge is -1.95. The van der Waals surface area contributed by atoms with Gasteiger partial charge in [-0.25, -0.2) is 0 Å². The predicted molar refractivity (Wildman–Crippen MR) is 58.2 cm³/mol. The summed E-state index contributed by atoms with van der Waals surface area (Å²) >= 11 is 1.55. The number of aliphatic imine (C=N–C) groups is 1. The van der Waals surface area contributed by atoms with Crippen LogP contribution in [0, 0.1) is 0 Å². The van der Waals surface area contributed by atoms with E-state index in [1.54, 1.807) is 18.8 Å². The zero-order chi connectivity index (χ0) is 7.11. The van der Waals surface area contributed by atoms with Gasteiger partial charge in [-0.2, -0.15) is 0 Å². The molecule has 0 saturated heterocycles. The Hall–Kier alpha value is 0.360. The molecule has 0 rings (SSSR count). The number of hydrogen-bond acceptors (Lipinski definition) is 3. The van der Waals surface area contributed by atoms with Crippen LogP contribution < -0.4 is 11.5 Å². The van der Waals surface area contributed by atoms with E-state index in [2.05, 4.69) is 4.99 Å². The molecule has 3 nitrogen and oxygen atoms in total.